The third-order valence-electron chi connectivity index (χ3n) is 5.62. The molecule has 2 N–H and O–H groups in total. The maximum absolute atomic E-state index is 5.40. The van der Waals surface area contributed by atoms with Crippen molar-refractivity contribution in [1.29, 1.82) is 0 Å². The summed E-state index contributed by atoms with van der Waals surface area (Å²) in [5.74, 6) is 3.66. The fraction of sp³-hybridized carbons (Fsp3) is 1.00. The van der Waals surface area contributed by atoms with Gasteiger partial charge in [-0.25, -0.2) is 0 Å². The second-order valence-corrected chi connectivity index (χ2v) is 12.7. The first kappa shape index (κ1) is 32.5. The van der Waals surface area contributed by atoms with E-state index in [0.717, 1.165) is 45.4 Å². The summed E-state index contributed by atoms with van der Waals surface area (Å²) in [6.45, 7) is 17.9. The zero-order valence-electron chi connectivity index (χ0n) is 22.8. The van der Waals surface area contributed by atoms with Crippen LogP contribution in [0.4, 0.5) is 0 Å². The summed E-state index contributed by atoms with van der Waals surface area (Å²) in [5, 5.41) is 6.68. The van der Waals surface area contributed by atoms with Gasteiger partial charge in [0.2, 0.25) is 0 Å². The highest BCUT2D eigenvalue weighted by molar-refractivity contribution is 8.76. The van der Waals surface area contributed by atoms with E-state index in [1.807, 2.05) is 10.8 Å². The molecule has 0 spiro atoms. The molecule has 2 heterocycles. The molecule has 3 rings (SSSR count). The number of hydrogen-bond acceptors (Lipinski definition) is 8. The number of nitrogens with one attached hydrogen (secondary N) is 2. The molecule has 0 amide bonds. The van der Waals surface area contributed by atoms with Gasteiger partial charge in [0.25, 0.3) is 0 Å². The van der Waals surface area contributed by atoms with Crippen LogP contribution in [0.2, 0.25) is 0 Å². The standard InChI is InChI=1S/C11H23NS2.C8H16O2.C7H15NO2/c1-10(2)12-7-8-13-14-9-11-5-3-4-6-11;1-7(2)10-6-8-4-3-5-9-8;1-6(2)8-5-7-9-3-4-10-7/h10-12H,3-9H2,1-2H3;7-8H,3-6H2,1-2H3;6-8H,3-5H2,1-2H3. The fourth-order valence-electron chi connectivity index (χ4n) is 3.70. The summed E-state index contributed by atoms with van der Waals surface area (Å²) in [4.78, 5) is 0. The molecule has 0 aromatic rings. The predicted octanol–water partition coefficient (Wildman–Crippen LogP) is 5.50. The van der Waals surface area contributed by atoms with Gasteiger partial charge in [-0.2, -0.15) is 0 Å². The van der Waals surface area contributed by atoms with Crippen LogP contribution in [0.3, 0.4) is 0 Å². The highest BCUT2D eigenvalue weighted by atomic mass is 33.1. The van der Waals surface area contributed by atoms with Crippen molar-refractivity contribution in [3.8, 4) is 0 Å². The van der Waals surface area contributed by atoms with Crippen molar-refractivity contribution in [2.45, 2.75) is 111 Å². The van der Waals surface area contributed by atoms with E-state index in [-0.39, 0.29) is 6.29 Å². The van der Waals surface area contributed by atoms with Gasteiger partial charge in [0, 0.05) is 43.3 Å². The van der Waals surface area contributed by atoms with Crippen molar-refractivity contribution < 1.29 is 18.9 Å². The average molecular weight is 523 g/mol. The van der Waals surface area contributed by atoms with Crippen LogP contribution in [0.25, 0.3) is 0 Å². The van der Waals surface area contributed by atoms with Crippen LogP contribution in [0.5, 0.6) is 0 Å². The fourth-order valence-corrected chi connectivity index (χ4v) is 6.11. The Labute approximate surface area is 218 Å². The third-order valence-corrected chi connectivity index (χ3v) is 8.18. The molecule has 1 aliphatic carbocycles. The highest BCUT2D eigenvalue weighted by Crippen LogP contribution is 2.32. The van der Waals surface area contributed by atoms with Crippen LogP contribution in [-0.4, -0.2) is 81.6 Å². The van der Waals surface area contributed by atoms with E-state index in [4.69, 9.17) is 18.9 Å². The SMILES string of the molecule is CC(C)NCC1OCCO1.CC(C)NCCSSCC1CCCC1.CC(C)OCC1CCCO1. The van der Waals surface area contributed by atoms with Crippen LogP contribution >= 0.6 is 21.6 Å². The van der Waals surface area contributed by atoms with Crippen LogP contribution in [-0.2, 0) is 18.9 Å². The minimum Gasteiger partial charge on any atom is -0.376 e. The van der Waals surface area contributed by atoms with Crippen molar-refractivity contribution in [3.05, 3.63) is 0 Å². The maximum atomic E-state index is 5.40. The normalized spacial score (nSPS) is 21.3. The molecule has 1 atom stereocenters. The molecule has 3 aliphatic rings. The number of rotatable bonds is 13. The number of ether oxygens (including phenoxy) is 4. The van der Waals surface area contributed by atoms with Gasteiger partial charge in [0.1, 0.15) is 0 Å². The second-order valence-electron chi connectivity index (χ2n) is 10.1. The molecule has 0 bridgehead atoms. The molecule has 3 fully saturated rings. The van der Waals surface area contributed by atoms with Gasteiger partial charge in [0.15, 0.2) is 6.29 Å². The molecule has 34 heavy (non-hydrogen) atoms. The second kappa shape index (κ2) is 21.5. The van der Waals surface area contributed by atoms with Gasteiger partial charge < -0.3 is 29.6 Å². The Hall–Kier alpha value is 0.460. The smallest absolute Gasteiger partial charge is 0.170 e. The Morgan fingerprint density at radius 2 is 1.47 bits per heavy atom. The van der Waals surface area contributed by atoms with E-state index in [2.05, 4.69) is 63.0 Å². The molecule has 1 saturated carbocycles. The molecule has 0 aromatic carbocycles. The summed E-state index contributed by atoms with van der Waals surface area (Å²) >= 11 is 0. The molecule has 204 valence electrons. The lowest BCUT2D eigenvalue weighted by molar-refractivity contribution is -0.0400. The summed E-state index contributed by atoms with van der Waals surface area (Å²) in [5.41, 5.74) is 0. The molecule has 6 nitrogen and oxygen atoms in total. The summed E-state index contributed by atoms with van der Waals surface area (Å²) in [6.07, 6.45) is 9.00. The van der Waals surface area contributed by atoms with Crippen molar-refractivity contribution in [1.82, 2.24) is 10.6 Å². The summed E-state index contributed by atoms with van der Waals surface area (Å²) in [6, 6.07) is 1.14. The average Bonchev–Trinajstić information content (AvgIpc) is 3.57. The Morgan fingerprint density at radius 3 is 2.03 bits per heavy atom. The molecule has 1 unspecified atom stereocenters. The van der Waals surface area contributed by atoms with E-state index in [0.29, 0.717) is 24.3 Å². The van der Waals surface area contributed by atoms with Gasteiger partial charge in [0.05, 0.1) is 32.0 Å². The summed E-state index contributed by atoms with van der Waals surface area (Å²) in [7, 11) is 4.12. The largest absolute Gasteiger partial charge is 0.376 e. The Balaban J connectivity index is 0.000000261. The Kier molecular flexibility index (Phi) is 20.6. The highest BCUT2D eigenvalue weighted by Gasteiger charge is 2.16. The first-order valence-electron chi connectivity index (χ1n) is 13.5. The molecule has 2 saturated heterocycles. The molecule has 2 aliphatic heterocycles. The van der Waals surface area contributed by atoms with Crippen molar-refractivity contribution in [3.63, 3.8) is 0 Å². The van der Waals surface area contributed by atoms with Gasteiger partial charge in [-0.15, -0.1) is 0 Å². The molecule has 0 radical (unpaired) electrons. The van der Waals surface area contributed by atoms with Crippen molar-refractivity contribution in [2.75, 3.05) is 51.0 Å². The van der Waals surface area contributed by atoms with Crippen LogP contribution in [0.15, 0.2) is 0 Å². The lowest BCUT2D eigenvalue weighted by atomic mass is 10.1. The maximum Gasteiger partial charge on any atom is 0.170 e. The van der Waals surface area contributed by atoms with E-state index in [1.54, 1.807) is 0 Å². The van der Waals surface area contributed by atoms with Crippen molar-refractivity contribution in [2.24, 2.45) is 5.92 Å². The molecular weight excluding hydrogens is 468 g/mol. The van der Waals surface area contributed by atoms with Crippen molar-refractivity contribution >= 4 is 21.6 Å². The van der Waals surface area contributed by atoms with Crippen LogP contribution in [0, 0.1) is 5.92 Å². The quantitative estimate of drug-likeness (QED) is 0.243. The van der Waals surface area contributed by atoms with Crippen LogP contribution < -0.4 is 10.6 Å². The molecule has 8 heteroatoms. The zero-order valence-corrected chi connectivity index (χ0v) is 24.4. The van der Waals surface area contributed by atoms with E-state index in [9.17, 15) is 0 Å². The van der Waals surface area contributed by atoms with Gasteiger partial charge in [-0.3, -0.25) is 0 Å². The topological polar surface area (TPSA) is 61.0 Å². The van der Waals surface area contributed by atoms with E-state index >= 15 is 0 Å². The first-order valence-corrected chi connectivity index (χ1v) is 16.0. The van der Waals surface area contributed by atoms with E-state index < -0.39 is 0 Å². The predicted molar refractivity (Wildman–Crippen MR) is 149 cm³/mol. The lowest BCUT2D eigenvalue weighted by Gasteiger charge is -2.12. The minimum atomic E-state index is -0.0117. The Bertz CT molecular complexity index is 417. The monoisotopic (exact) mass is 522 g/mol. The van der Waals surface area contributed by atoms with Crippen LogP contribution in [0.1, 0.15) is 80.1 Å². The number of hydrogen-bond donors (Lipinski definition) is 2. The van der Waals surface area contributed by atoms with Gasteiger partial charge in [-0.1, -0.05) is 62.1 Å². The minimum absolute atomic E-state index is 0.0117. The summed E-state index contributed by atoms with van der Waals surface area (Å²) < 4.78 is 21.2. The van der Waals surface area contributed by atoms with Gasteiger partial charge >= 0.3 is 0 Å². The Morgan fingerprint density at radius 1 is 0.794 bits per heavy atom. The first-order chi connectivity index (χ1) is 16.4. The zero-order chi connectivity index (χ0) is 25.0. The van der Waals surface area contributed by atoms with E-state index in [1.165, 1.54) is 50.0 Å². The molecular formula is C26H54N2O4S2. The van der Waals surface area contributed by atoms with Gasteiger partial charge in [-0.05, 0) is 45.4 Å². The lowest BCUT2D eigenvalue weighted by Crippen LogP contribution is -2.32. The molecule has 0 aromatic heterocycles. The third kappa shape index (κ3) is 19.6.